The molecule has 0 bridgehead atoms. The minimum atomic E-state index is -0.125. The number of hydrogen-bond donors (Lipinski definition) is 0. The summed E-state index contributed by atoms with van der Waals surface area (Å²) >= 11 is 3.76. The van der Waals surface area contributed by atoms with Crippen LogP contribution in [0.2, 0.25) is 0 Å². The first-order valence-corrected chi connectivity index (χ1v) is 31.6. The molecule has 0 spiro atoms. The SMILES string of the molecule is CC(C)(C)c1cc(-c2nc(-c3cc(C(C)(C)C)cc(C(C)(C)C)c3)nc(-c3ccc(-n4c5ccccc5c5c6sc7ccccc7c6ccc54)c(-c4ccncc4-n4c5ccccc5c5c6sc7ccccc7c6ccc54)c3)n2)cc(C(C)(C)C)c1. The predicted molar refractivity (Wildman–Crippen MR) is 369 cm³/mol. The van der Waals surface area contributed by atoms with Crippen LogP contribution in [0.3, 0.4) is 0 Å². The van der Waals surface area contributed by atoms with Crippen molar-refractivity contribution in [3.8, 4) is 56.7 Å². The van der Waals surface area contributed by atoms with Crippen LogP contribution < -0.4 is 0 Å². The monoisotopic (exact) mass is 1150 g/mol. The van der Waals surface area contributed by atoms with Crippen molar-refractivity contribution in [2.45, 2.75) is 105 Å². The summed E-state index contributed by atoms with van der Waals surface area (Å²) in [4.78, 5) is 21.8. The third kappa shape index (κ3) is 8.77. The van der Waals surface area contributed by atoms with Crippen LogP contribution >= 0.6 is 22.7 Å². The molecule has 0 aliphatic heterocycles. The fraction of sp³-hybridized carbons (Fsp3) is 0.205. The summed E-state index contributed by atoms with van der Waals surface area (Å²) in [6.45, 7) is 27.5. The first-order valence-electron chi connectivity index (χ1n) is 30.0. The van der Waals surface area contributed by atoms with Crippen molar-refractivity contribution < 1.29 is 0 Å². The lowest BCUT2D eigenvalue weighted by molar-refractivity contribution is 0.568. The Bertz CT molecular complexity index is 5130. The largest absolute Gasteiger partial charge is 0.309 e. The average molecular weight is 1150 g/mol. The van der Waals surface area contributed by atoms with Gasteiger partial charge in [0.05, 0.1) is 39.6 Å². The van der Waals surface area contributed by atoms with Crippen molar-refractivity contribution in [3.05, 3.63) is 217 Å². The molecule has 6 aromatic heterocycles. The van der Waals surface area contributed by atoms with Crippen molar-refractivity contribution in [3.63, 3.8) is 0 Å². The summed E-state index contributed by atoms with van der Waals surface area (Å²) < 4.78 is 10.1. The van der Waals surface area contributed by atoms with Crippen LogP contribution in [0.15, 0.2) is 194 Å². The van der Waals surface area contributed by atoms with Crippen molar-refractivity contribution in [1.29, 1.82) is 0 Å². The Morgan fingerprint density at radius 3 is 1.19 bits per heavy atom. The van der Waals surface area contributed by atoms with Gasteiger partial charge in [0.15, 0.2) is 17.5 Å². The topological polar surface area (TPSA) is 61.4 Å². The first-order chi connectivity index (χ1) is 41.2. The van der Waals surface area contributed by atoms with Crippen LogP contribution in [-0.4, -0.2) is 29.1 Å². The summed E-state index contributed by atoms with van der Waals surface area (Å²) in [5, 5.41) is 10.0. The van der Waals surface area contributed by atoms with E-state index < -0.39 is 0 Å². The molecule has 0 N–H and O–H groups in total. The molecule has 9 aromatic carbocycles. The maximum atomic E-state index is 5.63. The Kier molecular flexibility index (Phi) is 12.1. The van der Waals surface area contributed by atoms with Crippen LogP contribution in [0.4, 0.5) is 0 Å². The molecule has 0 amide bonds. The van der Waals surface area contributed by atoms with Crippen LogP contribution in [-0.2, 0) is 21.7 Å². The molecule has 0 radical (unpaired) electrons. The number of fused-ring (bicyclic) bond motifs is 14. The average Bonchev–Trinajstić information content (AvgIpc) is 1.58. The normalized spacial score (nSPS) is 12.9. The Morgan fingerprint density at radius 1 is 0.326 bits per heavy atom. The molecule has 0 fully saturated rings. The number of benzene rings is 9. The molecule has 0 saturated heterocycles. The maximum Gasteiger partial charge on any atom is 0.164 e. The van der Waals surface area contributed by atoms with Crippen molar-refractivity contribution in [2.75, 3.05) is 0 Å². The van der Waals surface area contributed by atoms with Gasteiger partial charge in [-0.05, 0) is 129 Å². The smallest absolute Gasteiger partial charge is 0.164 e. The van der Waals surface area contributed by atoms with E-state index in [9.17, 15) is 0 Å². The molecule has 0 aliphatic carbocycles. The number of pyridine rings is 1. The zero-order chi connectivity index (χ0) is 59.3. The third-order valence-corrected chi connectivity index (χ3v) is 20.1. The molecule has 0 saturated carbocycles. The van der Waals surface area contributed by atoms with Crippen LogP contribution in [0.5, 0.6) is 0 Å². The minimum absolute atomic E-state index is 0.125. The van der Waals surface area contributed by atoms with E-state index in [1.165, 1.54) is 84.1 Å². The number of para-hydroxylation sites is 2. The molecule has 0 aliphatic rings. The second-order valence-electron chi connectivity index (χ2n) is 27.6. The lowest BCUT2D eigenvalue weighted by Gasteiger charge is -2.26. The number of aromatic nitrogens is 6. The molecule has 6 nitrogen and oxygen atoms in total. The van der Waals surface area contributed by atoms with Crippen LogP contribution in [0.25, 0.3) is 141 Å². The lowest BCUT2D eigenvalue weighted by Crippen LogP contribution is -2.17. The highest BCUT2D eigenvalue weighted by atomic mass is 32.1. The fourth-order valence-electron chi connectivity index (χ4n) is 12.9. The van der Waals surface area contributed by atoms with E-state index in [0.717, 1.165) is 61.3 Å². The lowest BCUT2D eigenvalue weighted by atomic mass is 9.79. The minimum Gasteiger partial charge on any atom is -0.309 e. The summed E-state index contributed by atoms with van der Waals surface area (Å²) in [5.41, 5.74) is 15.9. The van der Waals surface area contributed by atoms with Crippen LogP contribution in [0.1, 0.15) is 105 Å². The summed E-state index contributed by atoms with van der Waals surface area (Å²) in [7, 11) is 0. The highest BCUT2D eigenvalue weighted by Crippen LogP contribution is 2.48. The van der Waals surface area contributed by atoms with Gasteiger partial charge in [0.1, 0.15) is 0 Å². The van der Waals surface area contributed by atoms with E-state index in [4.69, 9.17) is 19.9 Å². The van der Waals surface area contributed by atoms with Gasteiger partial charge in [-0.1, -0.05) is 180 Å². The van der Waals surface area contributed by atoms with E-state index in [2.05, 4.69) is 280 Å². The second kappa shape index (κ2) is 19.3. The number of hydrogen-bond acceptors (Lipinski definition) is 6. The standard InChI is InChI=1S/C78H68N6S2/c1-75(2,3)48-37-46(38-49(42-48)76(4,5)6)73-80-72(81-74(82-73)47-39-50(77(7,8)9)43-51(40-47)78(10,11)12)45-29-32-62(83-60-25-17-13-23-57(60)68-63(83)33-30-55-53-21-15-19-27-66(53)85-70(55)68)59(41-45)52-35-36-79-44-65(52)84-61-26-18-14-24-58(61)69-64(84)34-31-56-54-22-16-20-28-67(54)86-71(56)69/h13-44H,1-12H3. The highest BCUT2D eigenvalue weighted by molar-refractivity contribution is 7.27. The number of thiophene rings is 2. The van der Waals surface area contributed by atoms with Crippen LogP contribution in [0, 0.1) is 0 Å². The number of rotatable bonds is 6. The van der Waals surface area contributed by atoms with Gasteiger partial charge in [0.25, 0.3) is 0 Å². The Hall–Kier alpha value is -8.82. The molecule has 422 valence electrons. The second-order valence-corrected chi connectivity index (χ2v) is 29.7. The molecule has 15 aromatic rings. The van der Waals surface area contributed by atoms with Gasteiger partial charge >= 0.3 is 0 Å². The zero-order valence-electron chi connectivity index (χ0n) is 51.0. The molecular formula is C78H68N6S2. The van der Waals surface area contributed by atoms with Crippen molar-refractivity contribution in [1.82, 2.24) is 29.1 Å². The van der Waals surface area contributed by atoms with Gasteiger partial charge in [-0.15, -0.1) is 22.7 Å². The van der Waals surface area contributed by atoms with Gasteiger partial charge in [0.2, 0.25) is 0 Å². The summed E-state index contributed by atoms with van der Waals surface area (Å²) in [6, 6.07) is 67.8. The third-order valence-electron chi connectivity index (χ3n) is 17.7. The molecule has 86 heavy (non-hydrogen) atoms. The van der Waals surface area contributed by atoms with Gasteiger partial charge in [-0.25, -0.2) is 15.0 Å². The van der Waals surface area contributed by atoms with E-state index in [1.54, 1.807) is 0 Å². The van der Waals surface area contributed by atoms with Gasteiger partial charge in [-0.3, -0.25) is 4.98 Å². The maximum absolute atomic E-state index is 5.63. The molecule has 0 atom stereocenters. The van der Waals surface area contributed by atoms with E-state index in [1.807, 2.05) is 28.9 Å². The van der Waals surface area contributed by atoms with Gasteiger partial charge in [0, 0.05) is 95.9 Å². The van der Waals surface area contributed by atoms with Gasteiger partial charge < -0.3 is 9.13 Å². The van der Waals surface area contributed by atoms with E-state index in [0.29, 0.717) is 17.5 Å². The predicted octanol–water partition coefficient (Wildman–Crippen LogP) is 22.1. The van der Waals surface area contributed by atoms with Crippen molar-refractivity contribution in [2.24, 2.45) is 0 Å². The Labute approximate surface area is 510 Å². The summed E-state index contributed by atoms with van der Waals surface area (Å²) in [5.74, 6) is 1.88. The van der Waals surface area contributed by atoms with Gasteiger partial charge in [-0.2, -0.15) is 0 Å². The molecule has 15 rings (SSSR count). The number of nitrogens with zero attached hydrogens (tertiary/aromatic N) is 6. The molecule has 0 unspecified atom stereocenters. The van der Waals surface area contributed by atoms with E-state index >= 15 is 0 Å². The Balaban J connectivity index is 1.04. The molecule has 8 heteroatoms. The zero-order valence-corrected chi connectivity index (χ0v) is 52.6. The van der Waals surface area contributed by atoms with Crippen molar-refractivity contribution >= 4 is 107 Å². The quantitative estimate of drug-likeness (QED) is 0.166. The Morgan fingerprint density at radius 2 is 0.733 bits per heavy atom. The fourth-order valence-corrected chi connectivity index (χ4v) is 15.4. The summed E-state index contributed by atoms with van der Waals surface area (Å²) in [6.07, 6.45) is 4.01. The highest BCUT2D eigenvalue weighted by Gasteiger charge is 2.28. The van der Waals surface area contributed by atoms with E-state index in [-0.39, 0.29) is 21.7 Å². The molecule has 6 heterocycles. The molecular weight excluding hydrogens is 1090 g/mol. The first kappa shape index (κ1) is 53.9.